The van der Waals surface area contributed by atoms with E-state index in [9.17, 15) is 9.59 Å². The third-order valence-corrected chi connectivity index (χ3v) is 5.41. The van der Waals surface area contributed by atoms with Crippen LogP contribution in [0.25, 0.3) is 0 Å². The first-order valence-corrected chi connectivity index (χ1v) is 10.2. The van der Waals surface area contributed by atoms with Gasteiger partial charge < -0.3 is 10.6 Å². The predicted molar refractivity (Wildman–Crippen MR) is 113 cm³/mol. The maximum atomic E-state index is 12.2. The Morgan fingerprint density at radius 1 is 1.17 bits per heavy atom. The van der Waals surface area contributed by atoms with Crippen molar-refractivity contribution in [1.82, 2.24) is 25.3 Å². The molecule has 3 N–H and O–H groups in total. The van der Waals surface area contributed by atoms with Crippen LogP contribution in [0.2, 0.25) is 0 Å². The van der Waals surface area contributed by atoms with Crippen LogP contribution in [0.3, 0.4) is 0 Å². The quantitative estimate of drug-likeness (QED) is 0.534. The van der Waals surface area contributed by atoms with Crippen LogP contribution in [-0.2, 0) is 29.5 Å². The number of rotatable bonds is 8. The average Bonchev–Trinajstić information content (AvgIpc) is 3.32. The maximum absolute atomic E-state index is 12.2. The first-order valence-electron chi connectivity index (χ1n) is 10.2. The zero-order valence-corrected chi connectivity index (χ0v) is 17.0. The van der Waals surface area contributed by atoms with E-state index in [1.54, 1.807) is 10.9 Å². The molecule has 0 bridgehead atoms. The number of benzene rings is 1. The summed E-state index contributed by atoms with van der Waals surface area (Å²) < 4.78 is 1.73. The lowest BCUT2D eigenvalue weighted by molar-refractivity contribution is -0.121. The summed E-state index contributed by atoms with van der Waals surface area (Å²) in [6, 6.07) is 11.8. The largest absolute Gasteiger partial charge is 0.353 e. The topological polar surface area (TPSA) is 105 Å². The number of aromatic nitrogens is 4. The first-order chi connectivity index (χ1) is 14.5. The molecule has 0 unspecified atom stereocenters. The van der Waals surface area contributed by atoms with Crippen LogP contribution in [0, 0.1) is 0 Å². The predicted octanol–water partition coefficient (Wildman–Crippen LogP) is 2.32. The molecule has 1 aliphatic carbocycles. The Morgan fingerprint density at radius 2 is 1.97 bits per heavy atom. The molecule has 2 aromatic heterocycles. The van der Waals surface area contributed by atoms with E-state index in [0.29, 0.717) is 31.0 Å². The summed E-state index contributed by atoms with van der Waals surface area (Å²) >= 11 is 0. The third-order valence-electron chi connectivity index (χ3n) is 5.41. The molecule has 1 aromatic carbocycles. The molecule has 0 saturated heterocycles. The van der Waals surface area contributed by atoms with Crippen molar-refractivity contribution in [3.63, 3.8) is 0 Å². The van der Waals surface area contributed by atoms with Crippen molar-refractivity contribution in [3.05, 3.63) is 65.6 Å². The highest BCUT2D eigenvalue weighted by molar-refractivity contribution is 5.89. The van der Waals surface area contributed by atoms with Gasteiger partial charge >= 0.3 is 0 Å². The minimum atomic E-state index is -0.0726. The van der Waals surface area contributed by atoms with Gasteiger partial charge in [-0.2, -0.15) is 10.2 Å². The number of carbonyl (C=O) groups is 2. The molecule has 0 aliphatic heterocycles. The lowest BCUT2D eigenvalue weighted by Gasteiger charge is -2.35. The maximum Gasteiger partial charge on any atom is 0.225 e. The van der Waals surface area contributed by atoms with E-state index in [0.717, 1.165) is 29.7 Å². The van der Waals surface area contributed by atoms with Gasteiger partial charge in [0.25, 0.3) is 0 Å². The molecule has 8 heteroatoms. The molecule has 1 saturated carbocycles. The summed E-state index contributed by atoms with van der Waals surface area (Å²) in [5.74, 6) is 0.839. The summed E-state index contributed by atoms with van der Waals surface area (Å²) in [6.07, 6.45) is 6.85. The fraction of sp³-hybridized carbons (Fsp3) is 0.364. The Bertz CT molecular complexity index is 1000. The Labute approximate surface area is 175 Å². The molecule has 30 heavy (non-hydrogen) atoms. The van der Waals surface area contributed by atoms with E-state index in [1.807, 2.05) is 49.6 Å². The summed E-state index contributed by atoms with van der Waals surface area (Å²) in [5, 5.41) is 17.2. The van der Waals surface area contributed by atoms with Gasteiger partial charge in [-0.25, -0.2) is 0 Å². The van der Waals surface area contributed by atoms with Gasteiger partial charge in [0.15, 0.2) is 5.82 Å². The van der Waals surface area contributed by atoms with Crippen molar-refractivity contribution in [1.29, 1.82) is 0 Å². The number of hydrogen-bond donors (Lipinski definition) is 3. The van der Waals surface area contributed by atoms with Gasteiger partial charge in [-0.3, -0.25) is 19.4 Å². The van der Waals surface area contributed by atoms with Gasteiger partial charge in [0.2, 0.25) is 11.8 Å². The molecule has 0 spiro atoms. The molecular weight excluding hydrogens is 380 g/mol. The van der Waals surface area contributed by atoms with Gasteiger partial charge in [0, 0.05) is 43.4 Å². The number of nitrogens with zero attached hydrogens (tertiary/aromatic N) is 3. The van der Waals surface area contributed by atoms with Crippen molar-refractivity contribution >= 4 is 17.6 Å². The minimum absolute atomic E-state index is 0.0517. The highest BCUT2D eigenvalue weighted by Gasteiger charge is 2.32. The van der Waals surface area contributed by atoms with Crippen LogP contribution in [0.4, 0.5) is 5.82 Å². The second-order valence-corrected chi connectivity index (χ2v) is 7.87. The van der Waals surface area contributed by atoms with Crippen molar-refractivity contribution in [2.75, 3.05) is 5.32 Å². The standard InChI is InChI=1S/C22H26N6O2/c1-28-14-16(13-23-28)7-8-21(29)25-20-12-19(26-27-20)17-10-18(11-17)24-22(30)9-15-5-3-2-4-6-15/h2-6,12-14,17-18H,7-11H2,1H3,(H,24,30)(H2,25,26,27,29). The molecule has 2 amide bonds. The molecular formula is C22H26N6O2. The highest BCUT2D eigenvalue weighted by atomic mass is 16.2. The number of aryl methyl sites for hydroxylation is 2. The van der Waals surface area contributed by atoms with Crippen molar-refractivity contribution in [2.24, 2.45) is 7.05 Å². The number of hydrogen-bond acceptors (Lipinski definition) is 4. The van der Waals surface area contributed by atoms with Crippen LogP contribution in [0.1, 0.15) is 42.0 Å². The number of anilines is 1. The molecule has 1 fully saturated rings. The number of amides is 2. The lowest BCUT2D eigenvalue weighted by Crippen LogP contribution is -2.44. The van der Waals surface area contributed by atoms with E-state index < -0.39 is 0 Å². The summed E-state index contributed by atoms with van der Waals surface area (Å²) in [7, 11) is 1.86. The van der Waals surface area contributed by atoms with Crippen LogP contribution in [0.15, 0.2) is 48.8 Å². The van der Waals surface area contributed by atoms with E-state index in [1.165, 1.54) is 0 Å². The number of H-pyrrole nitrogens is 1. The lowest BCUT2D eigenvalue weighted by atomic mass is 9.78. The Balaban J connectivity index is 1.18. The molecule has 4 rings (SSSR count). The first kappa shape index (κ1) is 19.9. The molecule has 2 heterocycles. The molecule has 8 nitrogen and oxygen atoms in total. The highest BCUT2D eigenvalue weighted by Crippen LogP contribution is 2.36. The zero-order chi connectivity index (χ0) is 20.9. The van der Waals surface area contributed by atoms with Gasteiger partial charge in [-0.05, 0) is 30.4 Å². The van der Waals surface area contributed by atoms with Crippen molar-refractivity contribution in [2.45, 2.75) is 44.1 Å². The van der Waals surface area contributed by atoms with Gasteiger partial charge in [0.05, 0.1) is 12.6 Å². The normalized spacial score (nSPS) is 17.9. The molecule has 1 aliphatic rings. The number of carbonyl (C=O) groups excluding carboxylic acids is 2. The van der Waals surface area contributed by atoms with Gasteiger partial charge in [-0.1, -0.05) is 30.3 Å². The van der Waals surface area contributed by atoms with E-state index >= 15 is 0 Å². The van der Waals surface area contributed by atoms with Crippen LogP contribution in [-0.4, -0.2) is 37.8 Å². The minimum Gasteiger partial charge on any atom is -0.353 e. The monoisotopic (exact) mass is 406 g/mol. The van der Waals surface area contributed by atoms with Crippen LogP contribution in [0.5, 0.6) is 0 Å². The smallest absolute Gasteiger partial charge is 0.225 e. The fourth-order valence-electron chi connectivity index (χ4n) is 3.72. The average molecular weight is 406 g/mol. The van der Waals surface area contributed by atoms with Crippen LogP contribution >= 0.6 is 0 Å². The SMILES string of the molecule is Cn1cc(CCC(=O)Nc2cc(C3CC(NC(=O)Cc4ccccc4)C3)[nH]n2)cn1. The third kappa shape index (κ3) is 5.14. The number of aromatic amines is 1. The second-order valence-electron chi connectivity index (χ2n) is 7.87. The molecule has 0 radical (unpaired) electrons. The number of nitrogens with one attached hydrogen (secondary N) is 3. The van der Waals surface area contributed by atoms with Crippen molar-refractivity contribution in [3.8, 4) is 0 Å². The van der Waals surface area contributed by atoms with Crippen LogP contribution < -0.4 is 10.6 Å². The molecule has 0 atom stereocenters. The van der Waals surface area contributed by atoms with E-state index in [2.05, 4.69) is 25.9 Å². The van der Waals surface area contributed by atoms with Crippen molar-refractivity contribution < 1.29 is 9.59 Å². The molecule has 3 aromatic rings. The Kier molecular flexibility index (Phi) is 5.92. The van der Waals surface area contributed by atoms with Gasteiger partial charge in [-0.15, -0.1) is 0 Å². The molecule has 156 valence electrons. The Morgan fingerprint density at radius 3 is 2.70 bits per heavy atom. The summed E-state index contributed by atoms with van der Waals surface area (Å²) in [6.45, 7) is 0. The second kappa shape index (κ2) is 8.94. The zero-order valence-electron chi connectivity index (χ0n) is 17.0. The summed E-state index contributed by atoms with van der Waals surface area (Å²) in [4.78, 5) is 24.3. The van der Waals surface area contributed by atoms with E-state index in [4.69, 9.17) is 0 Å². The Hall–Kier alpha value is -3.42. The fourth-order valence-corrected chi connectivity index (χ4v) is 3.72. The summed E-state index contributed by atoms with van der Waals surface area (Å²) in [5.41, 5.74) is 3.04. The van der Waals surface area contributed by atoms with Gasteiger partial charge in [0.1, 0.15) is 0 Å². The van der Waals surface area contributed by atoms with E-state index in [-0.39, 0.29) is 17.9 Å².